The van der Waals surface area contributed by atoms with Crippen molar-refractivity contribution in [3.63, 3.8) is 0 Å². The summed E-state index contributed by atoms with van der Waals surface area (Å²) in [6.45, 7) is 5.60. The van der Waals surface area contributed by atoms with E-state index in [9.17, 15) is 4.79 Å². The van der Waals surface area contributed by atoms with E-state index in [1.54, 1.807) is 7.11 Å². The van der Waals surface area contributed by atoms with E-state index in [-0.39, 0.29) is 5.91 Å². The third-order valence-electron chi connectivity index (χ3n) is 6.61. The van der Waals surface area contributed by atoms with E-state index in [0.29, 0.717) is 31.5 Å². The number of aromatic nitrogens is 2. The molecule has 0 radical (unpaired) electrons. The number of methoxy groups -OCH3 is 1. The smallest absolute Gasteiger partial charge is 0.227 e. The van der Waals surface area contributed by atoms with Crippen molar-refractivity contribution in [1.29, 1.82) is 0 Å². The third kappa shape index (κ3) is 5.52. The minimum atomic E-state index is 0.100. The summed E-state index contributed by atoms with van der Waals surface area (Å²) in [7, 11) is 1.65. The second kappa shape index (κ2) is 10.6. The number of para-hydroxylation sites is 1. The molecule has 33 heavy (non-hydrogen) atoms. The van der Waals surface area contributed by atoms with Crippen LogP contribution >= 0.6 is 11.6 Å². The highest BCUT2D eigenvalue weighted by molar-refractivity contribution is 6.31. The molecule has 1 fully saturated rings. The summed E-state index contributed by atoms with van der Waals surface area (Å²) in [4.78, 5) is 20.5. The normalized spacial score (nSPS) is 14.3. The molecular weight excluding hydrogens is 434 g/mol. The number of carbonyl (C=O) groups excluding carboxylic acids is 1. The summed E-state index contributed by atoms with van der Waals surface area (Å²) in [5, 5.41) is 0.720. The van der Waals surface area contributed by atoms with Gasteiger partial charge in [-0.3, -0.25) is 4.79 Å². The van der Waals surface area contributed by atoms with E-state index in [4.69, 9.17) is 21.3 Å². The number of benzene rings is 2. The lowest BCUT2D eigenvalue weighted by Crippen LogP contribution is -2.34. The zero-order valence-corrected chi connectivity index (χ0v) is 20.6. The van der Waals surface area contributed by atoms with Crippen molar-refractivity contribution >= 4 is 28.5 Å². The van der Waals surface area contributed by atoms with Gasteiger partial charge in [0.25, 0.3) is 0 Å². The molecule has 0 bridgehead atoms. The van der Waals surface area contributed by atoms with E-state index in [1.165, 1.54) is 12.8 Å². The number of amides is 1. The molecular formula is C27H34ClN3O2. The second-order valence-electron chi connectivity index (χ2n) is 9.46. The molecule has 176 valence electrons. The molecule has 5 nitrogen and oxygen atoms in total. The summed E-state index contributed by atoms with van der Waals surface area (Å²) in [5.41, 5.74) is 2.93. The van der Waals surface area contributed by atoms with Crippen molar-refractivity contribution in [2.45, 2.75) is 65.0 Å². The predicted octanol–water partition coefficient (Wildman–Crippen LogP) is 6.43. The average Bonchev–Trinajstić information content (AvgIpc) is 3.43. The fraction of sp³-hybridized carbons (Fsp3) is 0.481. The van der Waals surface area contributed by atoms with Crippen molar-refractivity contribution < 1.29 is 9.53 Å². The largest absolute Gasteiger partial charge is 0.496 e. The lowest BCUT2D eigenvalue weighted by Gasteiger charge is -2.25. The SMILES string of the molecule is COc1ccccc1CC(=O)N(CCC(C)C)Cc1nc2ccc(Cl)cc2n1C1CCCC1. The van der Waals surface area contributed by atoms with Crippen LogP contribution in [0.3, 0.4) is 0 Å². The Morgan fingerprint density at radius 1 is 1.21 bits per heavy atom. The Balaban J connectivity index is 1.66. The number of nitrogens with zero attached hydrogens (tertiary/aromatic N) is 3. The van der Waals surface area contributed by atoms with Gasteiger partial charge in [0.15, 0.2) is 0 Å². The number of imidazole rings is 1. The molecule has 0 atom stereocenters. The molecule has 1 aromatic heterocycles. The molecule has 0 spiro atoms. The fourth-order valence-electron chi connectivity index (χ4n) is 4.80. The van der Waals surface area contributed by atoms with Crippen molar-refractivity contribution in [2.75, 3.05) is 13.7 Å². The van der Waals surface area contributed by atoms with Crippen LogP contribution in [0.25, 0.3) is 11.0 Å². The summed E-state index contributed by atoms with van der Waals surface area (Å²) in [6, 6.07) is 14.1. The first-order valence-electron chi connectivity index (χ1n) is 12.0. The number of halogens is 1. The number of hydrogen-bond donors (Lipinski definition) is 0. The van der Waals surface area contributed by atoms with Crippen LogP contribution in [-0.4, -0.2) is 34.0 Å². The van der Waals surface area contributed by atoms with Gasteiger partial charge in [0, 0.05) is 23.2 Å². The maximum absolute atomic E-state index is 13.5. The van der Waals surface area contributed by atoms with Crippen LogP contribution in [0.15, 0.2) is 42.5 Å². The highest BCUT2D eigenvalue weighted by atomic mass is 35.5. The van der Waals surface area contributed by atoms with E-state index < -0.39 is 0 Å². The molecule has 4 rings (SSSR count). The van der Waals surface area contributed by atoms with E-state index in [0.717, 1.165) is 52.5 Å². The summed E-state index contributed by atoms with van der Waals surface area (Å²) >= 11 is 6.35. The van der Waals surface area contributed by atoms with Crippen molar-refractivity contribution in [3.05, 3.63) is 58.9 Å². The quantitative estimate of drug-likeness (QED) is 0.364. The molecule has 6 heteroatoms. The van der Waals surface area contributed by atoms with Gasteiger partial charge in [-0.1, -0.05) is 56.5 Å². The van der Waals surface area contributed by atoms with Crippen LogP contribution in [0.1, 0.15) is 63.4 Å². The summed E-state index contributed by atoms with van der Waals surface area (Å²) < 4.78 is 7.83. The zero-order chi connectivity index (χ0) is 23.4. The van der Waals surface area contributed by atoms with Crippen molar-refractivity contribution in [3.8, 4) is 5.75 Å². The molecule has 1 heterocycles. The van der Waals surface area contributed by atoms with Gasteiger partial charge < -0.3 is 14.2 Å². The Labute approximate surface area is 201 Å². The van der Waals surface area contributed by atoms with Crippen LogP contribution in [-0.2, 0) is 17.8 Å². The minimum Gasteiger partial charge on any atom is -0.496 e. The number of fused-ring (bicyclic) bond motifs is 1. The van der Waals surface area contributed by atoms with Crippen LogP contribution in [0, 0.1) is 5.92 Å². The van der Waals surface area contributed by atoms with Gasteiger partial charge in [0.2, 0.25) is 5.91 Å². The van der Waals surface area contributed by atoms with E-state index in [2.05, 4.69) is 18.4 Å². The molecule has 0 saturated heterocycles. The number of rotatable bonds is 9. The first-order valence-corrected chi connectivity index (χ1v) is 12.4. The Morgan fingerprint density at radius 2 is 1.97 bits per heavy atom. The van der Waals surface area contributed by atoms with Crippen molar-refractivity contribution in [2.24, 2.45) is 5.92 Å². The van der Waals surface area contributed by atoms with Gasteiger partial charge in [-0.05, 0) is 49.4 Å². The lowest BCUT2D eigenvalue weighted by atomic mass is 10.1. The molecule has 1 aliphatic carbocycles. The number of ether oxygens (including phenoxy) is 1. The first kappa shape index (κ1) is 23.6. The van der Waals surface area contributed by atoms with E-state index >= 15 is 0 Å². The fourth-order valence-corrected chi connectivity index (χ4v) is 4.96. The lowest BCUT2D eigenvalue weighted by molar-refractivity contribution is -0.131. The maximum Gasteiger partial charge on any atom is 0.227 e. The van der Waals surface area contributed by atoms with Crippen LogP contribution in [0.2, 0.25) is 5.02 Å². The number of carbonyl (C=O) groups is 1. The Bertz CT molecular complexity index is 1100. The van der Waals surface area contributed by atoms with Gasteiger partial charge in [-0.25, -0.2) is 4.98 Å². The minimum absolute atomic E-state index is 0.100. The first-order chi connectivity index (χ1) is 16.0. The molecule has 3 aromatic rings. The van der Waals surface area contributed by atoms with Crippen LogP contribution < -0.4 is 4.74 Å². The molecule has 0 aliphatic heterocycles. The molecule has 0 unspecified atom stereocenters. The molecule has 1 amide bonds. The van der Waals surface area contributed by atoms with Crippen molar-refractivity contribution in [1.82, 2.24) is 14.5 Å². The van der Waals surface area contributed by atoms with Crippen LogP contribution in [0.5, 0.6) is 5.75 Å². The molecule has 2 aromatic carbocycles. The van der Waals surface area contributed by atoms with Gasteiger partial charge >= 0.3 is 0 Å². The Kier molecular flexibility index (Phi) is 7.59. The standard InChI is InChI=1S/C27H34ClN3O2/c1-19(2)14-15-30(27(32)16-20-8-4-7-11-25(20)33-3)18-26-29-23-13-12-21(28)17-24(23)31(26)22-9-5-6-10-22/h4,7-8,11-13,17,19,22H,5-6,9-10,14-16,18H2,1-3H3. The average molecular weight is 468 g/mol. The Hall–Kier alpha value is -2.53. The maximum atomic E-state index is 13.5. The number of hydrogen-bond acceptors (Lipinski definition) is 3. The summed E-state index contributed by atoms with van der Waals surface area (Å²) in [6.07, 6.45) is 6.02. The second-order valence-corrected chi connectivity index (χ2v) is 9.89. The topological polar surface area (TPSA) is 47.4 Å². The predicted molar refractivity (Wildman–Crippen MR) is 134 cm³/mol. The zero-order valence-electron chi connectivity index (χ0n) is 19.9. The van der Waals surface area contributed by atoms with Crippen LogP contribution in [0.4, 0.5) is 0 Å². The summed E-state index contributed by atoms with van der Waals surface area (Å²) in [5.74, 6) is 2.32. The highest BCUT2D eigenvalue weighted by Crippen LogP contribution is 2.35. The molecule has 1 aliphatic rings. The van der Waals surface area contributed by atoms with E-state index in [1.807, 2.05) is 47.4 Å². The van der Waals surface area contributed by atoms with Gasteiger partial charge in [-0.2, -0.15) is 0 Å². The highest BCUT2D eigenvalue weighted by Gasteiger charge is 2.25. The van der Waals surface area contributed by atoms with Gasteiger partial charge in [-0.15, -0.1) is 0 Å². The molecule has 1 saturated carbocycles. The monoisotopic (exact) mass is 467 g/mol. The van der Waals surface area contributed by atoms with Gasteiger partial charge in [0.1, 0.15) is 11.6 Å². The Morgan fingerprint density at radius 3 is 2.70 bits per heavy atom. The van der Waals surface area contributed by atoms with Gasteiger partial charge in [0.05, 0.1) is 31.1 Å². The third-order valence-corrected chi connectivity index (χ3v) is 6.85. The molecule has 0 N–H and O–H groups in total.